The van der Waals surface area contributed by atoms with Crippen LogP contribution in [-0.4, -0.2) is 55.1 Å². The van der Waals surface area contributed by atoms with E-state index in [9.17, 15) is 0 Å². The minimum Gasteiger partial charge on any atom is -0.329 e. The maximum atomic E-state index is 5.95. The van der Waals surface area contributed by atoms with Crippen molar-refractivity contribution >= 4 is 0 Å². The van der Waals surface area contributed by atoms with Crippen LogP contribution >= 0.6 is 0 Å². The van der Waals surface area contributed by atoms with Gasteiger partial charge in [0.2, 0.25) is 0 Å². The topological polar surface area (TPSA) is 32.5 Å². The van der Waals surface area contributed by atoms with Gasteiger partial charge in [-0.15, -0.1) is 0 Å². The monoisotopic (exact) mass is 227 g/mol. The number of rotatable bonds is 5. The Labute approximate surface area is 101 Å². The van der Waals surface area contributed by atoms with Crippen LogP contribution in [0.4, 0.5) is 0 Å². The SMILES string of the molecule is CCC(C)C(CN)N1CCN(C)C(CC)C1. The van der Waals surface area contributed by atoms with Crippen LogP contribution in [0.25, 0.3) is 0 Å². The summed E-state index contributed by atoms with van der Waals surface area (Å²) in [6, 6.07) is 1.29. The number of likely N-dealkylation sites (N-methyl/N-ethyl adjacent to an activating group) is 1. The van der Waals surface area contributed by atoms with E-state index >= 15 is 0 Å². The van der Waals surface area contributed by atoms with Crippen molar-refractivity contribution < 1.29 is 0 Å². The summed E-state index contributed by atoms with van der Waals surface area (Å²) in [6.07, 6.45) is 2.47. The van der Waals surface area contributed by atoms with E-state index in [0.717, 1.165) is 6.54 Å². The molecule has 0 bridgehead atoms. The molecule has 3 atom stereocenters. The van der Waals surface area contributed by atoms with E-state index in [1.807, 2.05) is 0 Å². The number of nitrogens with two attached hydrogens (primary N) is 1. The van der Waals surface area contributed by atoms with Crippen LogP contribution in [0.3, 0.4) is 0 Å². The second-order valence-corrected chi connectivity index (χ2v) is 5.23. The highest BCUT2D eigenvalue weighted by molar-refractivity contribution is 4.86. The number of piperazine rings is 1. The molecule has 96 valence electrons. The van der Waals surface area contributed by atoms with Gasteiger partial charge >= 0.3 is 0 Å². The van der Waals surface area contributed by atoms with E-state index < -0.39 is 0 Å². The van der Waals surface area contributed by atoms with Crippen LogP contribution < -0.4 is 5.73 Å². The molecule has 1 fully saturated rings. The Balaban J connectivity index is 2.58. The fourth-order valence-corrected chi connectivity index (χ4v) is 2.73. The Hall–Kier alpha value is -0.120. The molecule has 1 saturated heterocycles. The average molecular weight is 227 g/mol. The lowest BCUT2D eigenvalue weighted by Crippen LogP contribution is -2.57. The quantitative estimate of drug-likeness (QED) is 0.770. The summed E-state index contributed by atoms with van der Waals surface area (Å²) in [5.41, 5.74) is 5.95. The third-order valence-electron chi connectivity index (χ3n) is 4.29. The fourth-order valence-electron chi connectivity index (χ4n) is 2.73. The molecule has 1 heterocycles. The molecule has 0 aliphatic carbocycles. The van der Waals surface area contributed by atoms with Gasteiger partial charge in [0.25, 0.3) is 0 Å². The largest absolute Gasteiger partial charge is 0.329 e. The second kappa shape index (κ2) is 6.58. The van der Waals surface area contributed by atoms with Crippen molar-refractivity contribution in [2.75, 3.05) is 33.2 Å². The lowest BCUT2D eigenvalue weighted by atomic mass is 9.96. The Morgan fingerprint density at radius 3 is 2.50 bits per heavy atom. The van der Waals surface area contributed by atoms with Gasteiger partial charge in [-0.3, -0.25) is 4.90 Å². The van der Waals surface area contributed by atoms with E-state index in [1.165, 1.54) is 32.5 Å². The summed E-state index contributed by atoms with van der Waals surface area (Å²) >= 11 is 0. The molecule has 2 N–H and O–H groups in total. The first-order chi connectivity index (χ1) is 7.63. The molecule has 16 heavy (non-hydrogen) atoms. The first kappa shape index (κ1) is 13.9. The van der Waals surface area contributed by atoms with Crippen molar-refractivity contribution in [2.45, 2.75) is 45.7 Å². The highest BCUT2D eigenvalue weighted by Crippen LogP contribution is 2.19. The zero-order valence-corrected chi connectivity index (χ0v) is 11.4. The van der Waals surface area contributed by atoms with Crippen LogP contribution in [-0.2, 0) is 0 Å². The molecule has 1 rings (SSSR count). The smallest absolute Gasteiger partial charge is 0.0245 e. The maximum absolute atomic E-state index is 5.95. The summed E-state index contributed by atoms with van der Waals surface area (Å²) < 4.78 is 0. The van der Waals surface area contributed by atoms with Crippen molar-refractivity contribution in [1.29, 1.82) is 0 Å². The van der Waals surface area contributed by atoms with E-state index in [-0.39, 0.29) is 0 Å². The van der Waals surface area contributed by atoms with Crippen LogP contribution in [0.1, 0.15) is 33.6 Å². The third-order valence-corrected chi connectivity index (χ3v) is 4.29. The average Bonchev–Trinajstić information content (AvgIpc) is 2.31. The van der Waals surface area contributed by atoms with Gasteiger partial charge in [0.05, 0.1) is 0 Å². The molecule has 3 unspecified atom stereocenters. The second-order valence-electron chi connectivity index (χ2n) is 5.23. The summed E-state index contributed by atoms with van der Waals surface area (Å²) in [4.78, 5) is 5.10. The molecule has 0 radical (unpaired) electrons. The highest BCUT2D eigenvalue weighted by Gasteiger charge is 2.29. The Bertz CT molecular complexity index is 196. The summed E-state index contributed by atoms with van der Waals surface area (Å²) in [7, 11) is 2.24. The number of hydrogen-bond acceptors (Lipinski definition) is 3. The maximum Gasteiger partial charge on any atom is 0.0245 e. The summed E-state index contributed by atoms with van der Waals surface area (Å²) in [5, 5.41) is 0. The molecular formula is C13H29N3. The van der Waals surface area contributed by atoms with Crippen molar-refractivity contribution in [3.63, 3.8) is 0 Å². The Morgan fingerprint density at radius 2 is 2.00 bits per heavy atom. The van der Waals surface area contributed by atoms with Crippen molar-refractivity contribution in [1.82, 2.24) is 9.80 Å². The molecule has 0 aromatic heterocycles. The Morgan fingerprint density at radius 1 is 1.31 bits per heavy atom. The minimum atomic E-state index is 0.577. The normalized spacial score (nSPS) is 27.9. The van der Waals surface area contributed by atoms with Gasteiger partial charge in [-0.2, -0.15) is 0 Å². The van der Waals surface area contributed by atoms with Gasteiger partial charge < -0.3 is 10.6 Å². The van der Waals surface area contributed by atoms with Crippen LogP contribution in [0.15, 0.2) is 0 Å². The van der Waals surface area contributed by atoms with Crippen LogP contribution in [0, 0.1) is 5.92 Å². The molecule has 0 saturated carbocycles. The van der Waals surface area contributed by atoms with Crippen LogP contribution in [0.2, 0.25) is 0 Å². The fraction of sp³-hybridized carbons (Fsp3) is 1.00. The summed E-state index contributed by atoms with van der Waals surface area (Å²) in [6.45, 7) is 11.2. The molecule has 0 aromatic rings. The zero-order valence-electron chi connectivity index (χ0n) is 11.4. The van der Waals surface area contributed by atoms with Crippen molar-refractivity contribution in [3.05, 3.63) is 0 Å². The predicted octanol–water partition coefficient (Wildman–Crippen LogP) is 1.39. The standard InChI is InChI=1S/C13H29N3/c1-5-11(3)13(9-14)16-8-7-15(4)12(6-2)10-16/h11-13H,5-10,14H2,1-4H3. The molecule has 3 heteroatoms. The predicted molar refractivity (Wildman–Crippen MR) is 70.6 cm³/mol. The zero-order chi connectivity index (χ0) is 12.1. The lowest BCUT2D eigenvalue weighted by Gasteiger charge is -2.44. The van der Waals surface area contributed by atoms with Gasteiger partial charge in [-0.05, 0) is 19.4 Å². The molecule has 3 nitrogen and oxygen atoms in total. The van der Waals surface area contributed by atoms with Gasteiger partial charge in [0, 0.05) is 38.3 Å². The first-order valence-corrected chi connectivity index (χ1v) is 6.78. The van der Waals surface area contributed by atoms with Crippen LogP contribution in [0.5, 0.6) is 0 Å². The molecule has 0 aromatic carbocycles. The van der Waals surface area contributed by atoms with E-state index in [4.69, 9.17) is 5.73 Å². The third kappa shape index (κ3) is 3.19. The number of nitrogens with zero attached hydrogens (tertiary/aromatic N) is 2. The van der Waals surface area contributed by atoms with E-state index in [2.05, 4.69) is 37.6 Å². The van der Waals surface area contributed by atoms with Gasteiger partial charge in [0.1, 0.15) is 0 Å². The van der Waals surface area contributed by atoms with Crippen molar-refractivity contribution in [2.24, 2.45) is 11.7 Å². The van der Waals surface area contributed by atoms with Gasteiger partial charge in [-0.25, -0.2) is 0 Å². The first-order valence-electron chi connectivity index (χ1n) is 6.78. The molecule has 1 aliphatic heterocycles. The van der Waals surface area contributed by atoms with Crippen molar-refractivity contribution in [3.8, 4) is 0 Å². The number of hydrogen-bond donors (Lipinski definition) is 1. The van der Waals surface area contributed by atoms with Gasteiger partial charge in [-0.1, -0.05) is 27.2 Å². The minimum absolute atomic E-state index is 0.577. The molecule has 1 aliphatic rings. The summed E-state index contributed by atoms with van der Waals surface area (Å²) in [5.74, 6) is 0.714. The lowest BCUT2D eigenvalue weighted by molar-refractivity contribution is 0.0462. The van der Waals surface area contributed by atoms with E-state index in [1.54, 1.807) is 0 Å². The molecule has 0 amide bonds. The molecular weight excluding hydrogens is 198 g/mol. The Kier molecular flexibility index (Phi) is 5.73. The molecule has 0 spiro atoms. The highest BCUT2D eigenvalue weighted by atomic mass is 15.3. The van der Waals surface area contributed by atoms with Gasteiger partial charge in [0.15, 0.2) is 0 Å². The van der Waals surface area contributed by atoms with E-state index in [0.29, 0.717) is 18.0 Å².